The monoisotopic (exact) mass is 687 g/mol. The summed E-state index contributed by atoms with van der Waals surface area (Å²) < 4.78 is 23.1. The minimum atomic E-state index is -1.27. The van der Waals surface area contributed by atoms with Gasteiger partial charge in [0.1, 0.15) is 17.1 Å². The van der Waals surface area contributed by atoms with Crippen LogP contribution in [0.3, 0.4) is 0 Å². The van der Waals surface area contributed by atoms with Crippen molar-refractivity contribution in [2.75, 3.05) is 40.0 Å². The number of amides is 3. The predicted molar refractivity (Wildman–Crippen MR) is 187 cm³/mol. The zero-order chi connectivity index (χ0) is 35.9. The first-order valence-electron chi connectivity index (χ1n) is 18.3. The van der Waals surface area contributed by atoms with Crippen molar-refractivity contribution in [3.8, 4) is 11.5 Å². The molecule has 3 atom stereocenters. The van der Waals surface area contributed by atoms with E-state index < -0.39 is 29.6 Å². The molecule has 11 heteroatoms. The Morgan fingerprint density at radius 1 is 1.04 bits per heavy atom. The molecule has 2 heterocycles. The van der Waals surface area contributed by atoms with Crippen LogP contribution in [0, 0.1) is 23.7 Å². The van der Waals surface area contributed by atoms with Gasteiger partial charge in [-0.3, -0.25) is 9.59 Å². The first-order chi connectivity index (χ1) is 23.2. The summed E-state index contributed by atoms with van der Waals surface area (Å²) >= 11 is 0. The number of methoxy groups -OCH3 is 1. The summed E-state index contributed by atoms with van der Waals surface area (Å²) in [6, 6.07) is 3.91. The van der Waals surface area contributed by atoms with Gasteiger partial charge in [-0.2, -0.15) is 0 Å². The lowest BCUT2D eigenvalue weighted by Crippen LogP contribution is -2.60. The van der Waals surface area contributed by atoms with Crippen LogP contribution in [0.1, 0.15) is 98.1 Å². The molecule has 0 aromatic heterocycles. The Balaban J connectivity index is 1.60. The Labute approximate surface area is 293 Å². The van der Waals surface area contributed by atoms with Gasteiger partial charge < -0.3 is 39.2 Å². The molecule has 0 bridgehead atoms. The highest BCUT2D eigenvalue weighted by Crippen LogP contribution is 2.38. The number of benzene rings is 1. The molecule has 3 amide bonds. The fourth-order valence-electron chi connectivity index (χ4n) is 6.91. The molecular weight excluding hydrogens is 626 g/mol. The lowest BCUT2D eigenvalue weighted by atomic mass is 9.83. The fourth-order valence-corrected chi connectivity index (χ4v) is 6.91. The van der Waals surface area contributed by atoms with Crippen molar-refractivity contribution in [1.29, 1.82) is 0 Å². The lowest BCUT2D eigenvalue weighted by molar-refractivity contribution is -0.150. The van der Waals surface area contributed by atoms with Gasteiger partial charge >= 0.3 is 6.09 Å². The van der Waals surface area contributed by atoms with Gasteiger partial charge in [0.2, 0.25) is 11.8 Å². The second-order valence-electron chi connectivity index (χ2n) is 16.0. The summed E-state index contributed by atoms with van der Waals surface area (Å²) in [7, 11) is 1.67. The minimum absolute atomic E-state index is 0.00775. The number of hydrogen-bond donors (Lipinski definition) is 2. The molecule has 1 aliphatic carbocycles. The summed E-state index contributed by atoms with van der Waals surface area (Å²) in [6.45, 7) is 15.8. The molecule has 2 aliphatic heterocycles. The summed E-state index contributed by atoms with van der Waals surface area (Å²) in [5, 5.41) is 15.0. The highest BCUT2D eigenvalue weighted by atomic mass is 16.6. The zero-order valence-electron chi connectivity index (χ0n) is 31.1. The number of rotatable bonds is 15. The van der Waals surface area contributed by atoms with E-state index in [0.29, 0.717) is 38.2 Å². The molecule has 3 aliphatic rings. The number of hydrogen-bond acceptors (Lipinski definition) is 8. The average Bonchev–Trinajstić information content (AvgIpc) is 3.85. The molecule has 1 saturated heterocycles. The first kappa shape index (κ1) is 38.7. The number of likely N-dealkylation sites (tertiary alicyclic amines) is 1. The molecule has 276 valence electrons. The maximum atomic E-state index is 14.5. The molecular formula is C38H61N3O8. The van der Waals surface area contributed by atoms with Crippen LogP contribution in [0.25, 0.3) is 0 Å². The van der Waals surface area contributed by atoms with Gasteiger partial charge in [-0.15, -0.1) is 0 Å². The molecule has 11 nitrogen and oxygen atoms in total. The Hall–Kier alpha value is -3.05. The number of fused-ring (bicyclic) bond motifs is 1. The van der Waals surface area contributed by atoms with E-state index in [0.717, 1.165) is 67.6 Å². The number of nitrogens with one attached hydrogen (secondary N) is 1. The van der Waals surface area contributed by atoms with E-state index in [1.165, 1.54) is 4.90 Å². The Morgan fingerprint density at radius 2 is 1.71 bits per heavy atom. The number of aliphatic hydroxyl groups excluding tert-OH is 1. The van der Waals surface area contributed by atoms with Crippen molar-refractivity contribution >= 4 is 17.9 Å². The van der Waals surface area contributed by atoms with Gasteiger partial charge in [-0.05, 0) is 88.8 Å². The summed E-state index contributed by atoms with van der Waals surface area (Å²) in [4.78, 5) is 45.1. The predicted octanol–water partition coefficient (Wildman–Crippen LogP) is 5.34. The highest BCUT2D eigenvalue weighted by Gasteiger charge is 2.48. The van der Waals surface area contributed by atoms with Crippen molar-refractivity contribution in [1.82, 2.24) is 15.1 Å². The average molecular weight is 688 g/mol. The van der Waals surface area contributed by atoms with Crippen LogP contribution in [0.4, 0.5) is 4.79 Å². The van der Waals surface area contributed by atoms with E-state index >= 15 is 0 Å². The molecule has 49 heavy (non-hydrogen) atoms. The molecule has 2 N–H and O–H groups in total. The highest BCUT2D eigenvalue weighted by molar-refractivity contribution is 5.86. The molecule has 1 aromatic carbocycles. The maximum absolute atomic E-state index is 14.5. The number of ether oxygens (including phenoxy) is 4. The van der Waals surface area contributed by atoms with Crippen LogP contribution in [0.5, 0.6) is 11.5 Å². The van der Waals surface area contributed by atoms with Gasteiger partial charge in [0.25, 0.3) is 0 Å². The number of carbonyl (C=O) groups excluding carboxylic acids is 3. The topological polar surface area (TPSA) is 127 Å². The maximum Gasteiger partial charge on any atom is 0.410 e. The standard InChI is InChI=1S/C38H61N3O8/c1-24(2)17-27(18-25(3)4)39-35(43)30-22-40(37(45)49-38(5,6)7)23-31(34(30)42)36(44)41(28-12-13-28)21-26-19-32-29(11-9-15-47-32)33(20-26)48-16-10-14-46-8/h19-20,24-25,27-28,30-31,34,42H,9-18,21-23H2,1-8H3,(H,39,43)/t30-,31+,34-/m1/s1. The summed E-state index contributed by atoms with van der Waals surface area (Å²) in [6.07, 6.45) is 3.94. The van der Waals surface area contributed by atoms with Crippen molar-refractivity contribution in [3.63, 3.8) is 0 Å². The number of aliphatic hydroxyl groups is 1. The zero-order valence-corrected chi connectivity index (χ0v) is 31.1. The van der Waals surface area contributed by atoms with Gasteiger partial charge in [0.15, 0.2) is 0 Å². The molecule has 1 aromatic rings. The largest absolute Gasteiger partial charge is 0.493 e. The lowest BCUT2D eigenvalue weighted by Gasteiger charge is -2.42. The smallest absolute Gasteiger partial charge is 0.410 e. The van der Waals surface area contributed by atoms with Gasteiger partial charge in [0, 0.05) is 57.4 Å². The van der Waals surface area contributed by atoms with Crippen LogP contribution in [0.15, 0.2) is 12.1 Å². The molecule has 4 rings (SSSR count). The second-order valence-corrected chi connectivity index (χ2v) is 16.0. The number of nitrogens with zero attached hydrogens (tertiary/aromatic N) is 2. The Morgan fingerprint density at radius 3 is 2.33 bits per heavy atom. The first-order valence-corrected chi connectivity index (χ1v) is 18.3. The molecule has 0 spiro atoms. The van der Waals surface area contributed by atoms with Crippen LogP contribution in [-0.4, -0.2) is 96.6 Å². The van der Waals surface area contributed by atoms with Crippen molar-refractivity contribution in [2.24, 2.45) is 23.7 Å². The van der Waals surface area contributed by atoms with Crippen LogP contribution in [-0.2, 0) is 32.0 Å². The quantitative estimate of drug-likeness (QED) is 0.237. The van der Waals surface area contributed by atoms with E-state index in [1.54, 1.807) is 32.8 Å². The van der Waals surface area contributed by atoms with Crippen LogP contribution >= 0.6 is 0 Å². The molecule has 1 saturated carbocycles. The van der Waals surface area contributed by atoms with Crippen molar-refractivity contribution in [3.05, 3.63) is 23.3 Å². The summed E-state index contributed by atoms with van der Waals surface area (Å²) in [5.74, 6) is -0.332. The third kappa shape index (κ3) is 11.2. The van der Waals surface area contributed by atoms with E-state index in [2.05, 4.69) is 33.0 Å². The fraction of sp³-hybridized carbons (Fsp3) is 0.763. The second kappa shape index (κ2) is 17.2. The van der Waals surface area contributed by atoms with Crippen molar-refractivity contribution in [2.45, 2.75) is 124 Å². The Kier molecular flexibility index (Phi) is 13.6. The van der Waals surface area contributed by atoms with Crippen molar-refractivity contribution < 1.29 is 38.4 Å². The number of carbonyl (C=O) groups is 3. The van der Waals surface area contributed by atoms with E-state index in [1.807, 2.05) is 12.1 Å². The van der Waals surface area contributed by atoms with Crippen LogP contribution in [0.2, 0.25) is 0 Å². The Bertz CT molecular complexity index is 1260. The normalized spacial score (nSPS) is 21.0. The van der Waals surface area contributed by atoms with E-state index in [9.17, 15) is 19.5 Å². The van der Waals surface area contributed by atoms with Gasteiger partial charge in [-0.1, -0.05) is 27.7 Å². The SMILES string of the molecule is COCCCOc1cc(CN(C(=O)[C@H]2CN(C(=O)OC(C)(C)C)C[C@@H](C(=O)NC(CC(C)C)CC(C)C)[C@H]2O)C2CC2)cc2c1CCCO2. The third-order valence-electron chi connectivity index (χ3n) is 9.25. The minimum Gasteiger partial charge on any atom is -0.493 e. The van der Waals surface area contributed by atoms with E-state index in [-0.39, 0.29) is 37.0 Å². The van der Waals surface area contributed by atoms with Crippen LogP contribution < -0.4 is 14.8 Å². The van der Waals surface area contributed by atoms with E-state index in [4.69, 9.17) is 18.9 Å². The van der Waals surface area contributed by atoms with Gasteiger partial charge in [0.05, 0.1) is 31.2 Å². The van der Waals surface area contributed by atoms with Gasteiger partial charge in [-0.25, -0.2) is 4.79 Å². The summed E-state index contributed by atoms with van der Waals surface area (Å²) in [5.41, 5.74) is 1.15. The number of piperidine rings is 1. The molecule has 0 unspecified atom stereocenters. The third-order valence-corrected chi connectivity index (χ3v) is 9.25. The molecule has 2 fully saturated rings. The molecule has 0 radical (unpaired) electrons.